The predicted molar refractivity (Wildman–Crippen MR) is 62.1 cm³/mol. The van der Waals surface area contributed by atoms with Gasteiger partial charge in [0.25, 0.3) is 0 Å². The summed E-state index contributed by atoms with van der Waals surface area (Å²) in [5, 5.41) is 9.87. The molecule has 0 heterocycles. The minimum atomic E-state index is -0.491. The molecule has 1 atom stereocenters. The Kier molecular flexibility index (Phi) is 4.55. The maximum absolute atomic E-state index is 9.87. The molecule has 1 saturated carbocycles. The van der Waals surface area contributed by atoms with E-state index in [-0.39, 0.29) is 6.10 Å². The first-order valence-electron chi connectivity index (χ1n) is 4.26. The highest BCUT2D eigenvalue weighted by Crippen LogP contribution is 2.43. The van der Waals surface area contributed by atoms with E-state index in [9.17, 15) is 5.11 Å². The summed E-state index contributed by atoms with van der Waals surface area (Å²) in [7, 11) is 0. The highest BCUT2D eigenvalue weighted by molar-refractivity contribution is 9.39. The van der Waals surface area contributed by atoms with Gasteiger partial charge in [0.2, 0.25) is 0 Å². The van der Waals surface area contributed by atoms with Gasteiger partial charge in [-0.25, -0.2) is 0 Å². The molecule has 72 valence electrons. The molecule has 0 aromatic rings. The van der Waals surface area contributed by atoms with Crippen LogP contribution in [0.4, 0.5) is 0 Å². The molecular weight excluding hydrogens is 352 g/mol. The Morgan fingerprint density at radius 2 is 1.58 bits per heavy atom. The molecule has 0 aromatic carbocycles. The number of aliphatic hydroxyl groups is 1. The molecule has 1 fully saturated rings. The van der Waals surface area contributed by atoms with Crippen molar-refractivity contribution in [3.05, 3.63) is 0 Å². The van der Waals surface area contributed by atoms with Crippen molar-refractivity contribution < 1.29 is 5.11 Å². The highest BCUT2D eigenvalue weighted by Gasteiger charge is 2.35. The Morgan fingerprint density at radius 3 is 2.00 bits per heavy atom. The third kappa shape index (κ3) is 3.28. The van der Waals surface area contributed by atoms with Crippen molar-refractivity contribution in [1.29, 1.82) is 0 Å². The minimum absolute atomic E-state index is 0.349. The fourth-order valence-electron chi connectivity index (χ4n) is 1.72. The fourth-order valence-corrected chi connectivity index (χ4v) is 2.84. The van der Waals surface area contributed by atoms with E-state index in [2.05, 4.69) is 47.8 Å². The SMILES string of the molecule is OC(C1CCCCC1)C(Br)(Br)Br. The molecular formula is C8H13Br3O. The van der Waals surface area contributed by atoms with Crippen molar-refractivity contribution in [2.45, 2.75) is 40.4 Å². The Balaban J connectivity index is 2.45. The van der Waals surface area contributed by atoms with Crippen molar-refractivity contribution in [3.8, 4) is 0 Å². The van der Waals surface area contributed by atoms with Crippen molar-refractivity contribution in [3.63, 3.8) is 0 Å². The number of rotatable bonds is 1. The minimum Gasteiger partial charge on any atom is -0.390 e. The monoisotopic (exact) mass is 362 g/mol. The number of hydrogen-bond acceptors (Lipinski definition) is 1. The maximum atomic E-state index is 9.87. The van der Waals surface area contributed by atoms with Gasteiger partial charge < -0.3 is 5.11 Å². The van der Waals surface area contributed by atoms with Crippen LogP contribution >= 0.6 is 47.8 Å². The molecule has 0 aromatic heterocycles. The van der Waals surface area contributed by atoms with Gasteiger partial charge in [-0.2, -0.15) is 0 Å². The number of alkyl halides is 3. The van der Waals surface area contributed by atoms with Gasteiger partial charge in [0.05, 0.1) is 6.10 Å². The van der Waals surface area contributed by atoms with Crippen LogP contribution in [0, 0.1) is 5.92 Å². The molecule has 1 N–H and O–H groups in total. The van der Waals surface area contributed by atoms with E-state index in [0.29, 0.717) is 5.92 Å². The summed E-state index contributed by atoms with van der Waals surface area (Å²) in [5.74, 6) is 0.428. The van der Waals surface area contributed by atoms with E-state index in [1.165, 1.54) is 19.3 Å². The molecule has 0 amide bonds. The highest BCUT2D eigenvalue weighted by atomic mass is 80.0. The first-order valence-corrected chi connectivity index (χ1v) is 6.64. The molecule has 0 aliphatic heterocycles. The molecule has 0 radical (unpaired) electrons. The fraction of sp³-hybridized carbons (Fsp3) is 1.00. The zero-order valence-electron chi connectivity index (χ0n) is 6.77. The van der Waals surface area contributed by atoms with Crippen molar-refractivity contribution >= 4 is 47.8 Å². The first-order chi connectivity index (χ1) is 5.52. The molecule has 1 aliphatic rings. The molecule has 1 unspecified atom stereocenters. The van der Waals surface area contributed by atoms with Gasteiger partial charge in [0.1, 0.15) is 0 Å². The van der Waals surface area contributed by atoms with Crippen LogP contribution in [-0.4, -0.2) is 13.4 Å². The largest absolute Gasteiger partial charge is 0.390 e. The van der Waals surface area contributed by atoms with Crippen LogP contribution < -0.4 is 0 Å². The summed E-state index contributed by atoms with van der Waals surface area (Å²) in [5.41, 5.74) is 0. The Morgan fingerprint density at radius 1 is 1.08 bits per heavy atom. The van der Waals surface area contributed by atoms with E-state index >= 15 is 0 Å². The summed E-state index contributed by atoms with van der Waals surface area (Å²) in [6, 6.07) is 0. The van der Waals surface area contributed by atoms with Gasteiger partial charge in [-0.15, -0.1) is 0 Å². The normalized spacial score (nSPS) is 24.0. The van der Waals surface area contributed by atoms with E-state index < -0.39 is 2.14 Å². The van der Waals surface area contributed by atoms with Crippen LogP contribution in [0.2, 0.25) is 0 Å². The second-order valence-corrected chi connectivity index (χ2v) is 10.3. The topological polar surface area (TPSA) is 20.2 Å². The van der Waals surface area contributed by atoms with Gasteiger partial charge in [-0.3, -0.25) is 0 Å². The Labute approximate surface area is 98.7 Å². The average molecular weight is 365 g/mol. The predicted octanol–water partition coefficient (Wildman–Crippen LogP) is 3.77. The van der Waals surface area contributed by atoms with Crippen molar-refractivity contribution in [2.24, 2.45) is 5.92 Å². The lowest BCUT2D eigenvalue weighted by Crippen LogP contribution is -2.33. The zero-order valence-corrected chi connectivity index (χ0v) is 11.5. The molecule has 0 bridgehead atoms. The molecule has 0 spiro atoms. The van der Waals surface area contributed by atoms with Gasteiger partial charge in [-0.1, -0.05) is 67.1 Å². The van der Waals surface area contributed by atoms with Gasteiger partial charge in [-0.05, 0) is 18.8 Å². The summed E-state index contributed by atoms with van der Waals surface area (Å²) in [4.78, 5) is 0. The van der Waals surface area contributed by atoms with E-state index in [0.717, 1.165) is 12.8 Å². The maximum Gasteiger partial charge on any atom is 0.160 e. The van der Waals surface area contributed by atoms with Gasteiger partial charge >= 0.3 is 0 Å². The number of halogens is 3. The lowest BCUT2D eigenvalue weighted by atomic mass is 9.86. The smallest absolute Gasteiger partial charge is 0.160 e. The summed E-state index contributed by atoms with van der Waals surface area (Å²) in [6.07, 6.45) is 5.77. The van der Waals surface area contributed by atoms with E-state index in [1.807, 2.05) is 0 Å². The Hall–Kier alpha value is 1.40. The summed E-state index contributed by atoms with van der Waals surface area (Å²) in [6.45, 7) is 0. The molecule has 1 rings (SSSR count). The third-order valence-corrected chi connectivity index (χ3v) is 3.84. The average Bonchev–Trinajstić information content (AvgIpc) is 2.03. The van der Waals surface area contributed by atoms with Crippen LogP contribution in [0.5, 0.6) is 0 Å². The Bertz CT molecular complexity index is 138. The standard InChI is InChI=1S/C8H13Br3O/c9-8(10,11)7(12)6-4-2-1-3-5-6/h6-7,12H,1-5H2. The quantitative estimate of drug-likeness (QED) is 0.702. The third-order valence-electron chi connectivity index (χ3n) is 2.43. The van der Waals surface area contributed by atoms with Crippen LogP contribution in [-0.2, 0) is 0 Å². The van der Waals surface area contributed by atoms with Gasteiger partial charge in [0, 0.05) is 0 Å². The van der Waals surface area contributed by atoms with Crippen LogP contribution in [0.1, 0.15) is 32.1 Å². The number of hydrogen-bond donors (Lipinski definition) is 1. The van der Waals surface area contributed by atoms with E-state index in [4.69, 9.17) is 0 Å². The second-order valence-electron chi connectivity index (χ2n) is 3.38. The van der Waals surface area contributed by atoms with Crippen molar-refractivity contribution in [1.82, 2.24) is 0 Å². The van der Waals surface area contributed by atoms with Gasteiger partial charge in [0.15, 0.2) is 2.14 Å². The molecule has 0 saturated heterocycles. The zero-order chi connectivity index (χ0) is 9.19. The molecule has 1 nitrogen and oxygen atoms in total. The van der Waals surface area contributed by atoms with E-state index in [1.54, 1.807) is 0 Å². The molecule has 4 heteroatoms. The number of aliphatic hydroxyl groups excluding tert-OH is 1. The lowest BCUT2D eigenvalue weighted by Gasteiger charge is -2.31. The molecule has 1 aliphatic carbocycles. The lowest BCUT2D eigenvalue weighted by molar-refractivity contribution is 0.0965. The van der Waals surface area contributed by atoms with Crippen LogP contribution in [0.25, 0.3) is 0 Å². The van der Waals surface area contributed by atoms with Crippen LogP contribution in [0.3, 0.4) is 0 Å². The summed E-state index contributed by atoms with van der Waals surface area (Å²) >= 11 is 10.1. The van der Waals surface area contributed by atoms with Crippen molar-refractivity contribution in [2.75, 3.05) is 0 Å². The second kappa shape index (κ2) is 4.76. The summed E-state index contributed by atoms with van der Waals surface area (Å²) < 4.78 is -0.491. The first kappa shape index (κ1) is 11.5. The van der Waals surface area contributed by atoms with Crippen LogP contribution in [0.15, 0.2) is 0 Å². The molecule has 12 heavy (non-hydrogen) atoms.